The number of aliphatic hydroxyl groups is 1. The van der Waals surface area contributed by atoms with Crippen LogP contribution >= 0.6 is 0 Å². The van der Waals surface area contributed by atoms with Crippen LogP contribution in [0.1, 0.15) is 47.5 Å². The number of hydrogen-bond acceptors (Lipinski definition) is 1. The van der Waals surface area contributed by atoms with Crippen molar-refractivity contribution in [1.82, 2.24) is 0 Å². The molecule has 1 nitrogen and oxygen atoms in total. The van der Waals surface area contributed by atoms with Gasteiger partial charge in [0.05, 0.1) is 6.10 Å². The molecular weight excluding hydrogens is 172 g/mol. The van der Waals surface area contributed by atoms with Crippen LogP contribution in [0.4, 0.5) is 0 Å². The van der Waals surface area contributed by atoms with Crippen LogP contribution in [0, 0.1) is 17.3 Å². The van der Waals surface area contributed by atoms with Gasteiger partial charge < -0.3 is 5.11 Å². The van der Waals surface area contributed by atoms with Gasteiger partial charge in [-0.2, -0.15) is 0 Å². The van der Waals surface area contributed by atoms with E-state index in [9.17, 15) is 5.11 Å². The summed E-state index contributed by atoms with van der Waals surface area (Å²) in [7, 11) is 0. The number of aliphatic hydroxyl groups excluding tert-OH is 1. The smallest absolute Gasteiger partial charge is 0.0754 e. The van der Waals surface area contributed by atoms with E-state index < -0.39 is 0 Å². The second-order valence-electron chi connectivity index (χ2n) is 5.88. The average Bonchev–Trinajstić information content (AvgIpc) is 2.01. The quantitative estimate of drug-likeness (QED) is 0.637. The minimum Gasteiger partial charge on any atom is -0.389 e. The van der Waals surface area contributed by atoms with E-state index in [1.807, 2.05) is 0 Å². The molecule has 0 aliphatic heterocycles. The van der Waals surface area contributed by atoms with Gasteiger partial charge in [0, 0.05) is 0 Å². The topological polar surface area (TPSA) is 20.2 Å². The molecule has 0 heterocycles. The van der Waals surface area contributed by atoms with Crippen LogP contribution in [-0.4, -0.2) is 11.2 Å². The molecule has 0 aromatic carbocycles. The first-order valence-electron chi connectivity index (χ1n) is 5.71. The Labute approximate surface area is 88.2 Å². The largest absolute Gasteiger partial charge is 0.389 e. The lowest BCUT2D eigenvalue weighted by molar-refractivity contribution is 0.104. The Morgan fingerprint density at radius 3 is 2.29 bits per heavy atom. The summed E-state index contributed by atoms with van der Waals surface area (Å²) in [6.45, 7) is 11.1. The Morgan fingerprint density at radius 2 is 1.93 bits per heavy atom. The maximum atomic E-state index is 10.00. The minimum atomic E-state index is -0.224. The first-order chi connectivity index (χ1) is 6.32. The Bertz CT molecular complexity index is 220. The molecule has 0 saturated carbocycles. The van der Waals surface area contributed by atoms with Crippen molar-refractivity contribution in [2.24, 2.45) is 17.3 Å². The van der Waals surface area contributed by atoms with Gasteiger partial charge in [0.1, 0.15) is 0 Å². The van der Waals surface area contributed by atoms with Crippen LogP contribution in [0.2, 0.25) is 0 Å². The molecule has 2 unspecified atom stereocenters. The zero-order chi connectivity index (χ0) is 10.9. The highest BCUT2D eigenvalue weighted by Crippen LogP contribution is 2.37. The molecule has 1 rings (SSSR count). The lowest BCUT2D eigenvalue weighted by atomic mass is 9.73. The fraction of sp³-hybridized carbons (Fsp3) is 0.846. The highest BCUT2D eigenvalue weighted by Gasteiger charge is 2.29. The molecule has 0 amide bonds. The van der Waals surface area contributed by atoms with Gasteiger partial charge in [0.15, 0.2) is 0 Å². The molecule has 2 atom stereocenters. The second kappa shape index (κ2) is 4.06. The number of rotatable bonds is 1. The van der Waals surface area contributed by atoms with E-state index in [0.717, 1.165) is 12.8 Å². The van der Waals surface area contributed by atoms with Crippen LogP contribution in [0.5, 0.6) is 0 Å². The summed E-state index contributed by atoms with van der Waals surface area (Å²) in [6.07, 6.45) is 4.16. The predicted octanol–water partition coefficient (Wildman–Crippen LogP) is 3.39. The van der Waals surface area contributed by atoms with Crippen LogP contribution in [0.15, 0.2) is 11.6 Å². The standard InChI is InChI=1S/C13H24O/c1-9(2)11-7-6-10(8-12(11)14)13(3,4)5/h8-9,11-12,14H,6-7H2,1-5H3. The van der Waals surface area contributed by atoms with Gasteiger partial charge in [0.25, 0.3) is 0 Å². The number of hydrogen-bond donors (Lipinski definition) is 1. The van der Waals surface area contributed by atoms with Gasteiger partial charge >= 0.3 is 0 Å². The lowest BCUT2D eigenvalue weighted by Gasteiger charge is -2.34. The number of allylic oxidation sites excluding steroid dienone is 1. The fourth-order valence-electron chi connectivity index (χ4n) is 2.26. The van der Waals surface area contributed by atoms with Gasteiger partial charge in [-0.3, -0.25) is 0 Å². The minimum absolute atomic E-state index is 0.224. The molecule has 1 aliphatic rings. The monoisotopic (exact) mass is 196 g/mol. The van der Waals surface area contributed by atoms with E-state index in [4.69, 9.17) is 0 Å². The van der Waals surface area contributed by atoms with Crippen LogP contribution in [-0.2, 0) is 0 Å². The van der Waals surface area contributed by atoms with Crippen molar-refractivity contribution in [2.45, 2.75) is 53.6 Å². The summed E-state index contributed by atoms with van der Waals surface area (Å²) in [5.41, 5.74) is 1.64. The molecule has 1 N–H and O–H groups in total. The third kappa shape index (κ3) is 2.60. The Balaban J connectivity index is 2.76. The average molecular weight is 196 g/mol. The van der Waals surface area contributed by atoms with Crippen molar-refractivity contribution in [3.63, 3.8) is 0 Å². The highest BCUT2D eigenvalue weighted by molar-refractivity contribution is 5.17. The van der Waals surface area contributed by atoms with E-state index in [2.05, 4.69) is 40.7 Å². The fourth-order valence-corrected chi connectivity index (χ4v) is 2.26. The molecule has 1 aliphatic carbocycles. The summed E-state index contributed by atoms with van der Waals surface area (Å²) in [5.74, 6) is 1.05. The maximum absolute atomic E-state index is 10.00. The van der Waals surface area contributed by atoms with Crippen molar-refractivity contribution in [3.05, 3.63) is 11.6 Å². The Kier molecular flexibility index (Phi) is 3.41. The molecule has 0 saturated heterocycles. The molecule has 1 heteroatoms. The molecule has 14 heavy (non-hydrogen) atoms. The third-order valence-electron chi connectivity index (χ3n) is 3.38. The van der Waals surface area contributed by atoms with Gasteiger partial charge in [-0.05, 0) is 30.1 Å². The van der Waals surface area contributed by atoms with Crippen molar-refractivity contribution in [3.8, 4) is 0 Å². The van der Waals surface area contributed by atoms with E-state index >= 15 is 0 Å². The van der Waals surface area contributed by atoms with Gasteiger partial charge in [-0.1, -0.05) is 46.3 Å². The van der Waals surface area contributed by atoms with Gasteiger partial charge in [-0.25, -0.2) is 0 Å². The Morgan fingerprint density at radius 1 is 1.36 bits per heavy atom. The van der Waals surface area contributed by atoms with E-state index in [0.29, 0.717) is 11.8 Å². The summed E-state index contributed by atoms with van der Waals surface area (Å²) in [4.78, 5) is 0. The molecule has 0 radical (unpaired) electrons. The normalized spacial score (nSPS) is 29.2. The van der Waals surface area contributed by atoms with Crippen LogP contribution < -0.4 is 0 Å². The molecular formula is C13H24O. The van der Waals surface area contributed by atoms with Gasteiger partial charge in [0.2, 0.25) is 0 Å². The third-order valence-corrected chi connectivity index (χ3v) is 3.38. The summed E-state index contributed by atoms with van der Waals surface area (Å²) >= 11 is 0. The van der Waals surface area contributed by atoms with E-state index in [1.54, 1.807) is 0 Å². The zero-order valence-electron chi connectivity index (χ0n) is 10.2. The van der Waals surface area contributed by atoms with Crippen molar-refractivity contribution in [2.75, 3.05) is 0 Å². The first-order valence-corrected chi connectivity index (χ1v) is 5.71. The predicted molar refractivity (Wildman–Crippen MR) is 61.1 cm³/mol. The van der Waals surface area contributed by atoms with Crippen molar-refractivity contribution in [1.29, 1.82) is 0 Å². The maximum Gasteiger partial charge on any atom is 0.0754 e. The summed E-state index contributed by atoms with van der Waals surface area (Å²) in [5, 5.41) is 10.00. The van der Waals surface area contributed by atoms with Crippen LogP contribution in [0.25, 0.3) is 0 Å². The lowest BCUT2D eigenvalue weighted by Crippen LogP contribution is -2.29. The molecule has 0 bridgehead atoms. The first kappa shape index (κ1) is 11.8. The SMILES string of the molecule is CC(C)C1CCC(C(C)(C)C)=CC1O. The summed E-state index contributed by atoms with van der Waals surface area (Å²) in [6, 6.07) is 0. The molecule has 0 aromatic heterocycles. The molecule has 0 aromatic rings. The summed E-state index contributed by atoms with van der Waals surface area (Å²) < 4.78 is 0. The van der Waals surface area contributed by atoms with Crippen molar-refractivity contribution < 1.29 is 5.11 Å². The van der Waals surface area contributed by atoms with Crippen LogP contribution in [0.3, 0.4) is 0 Å². The second-order valence-corrected chi connectivity index (χ2v) is 5.88. The Hall–Kier alpha value is -0.300. The van der Waals surface area contributed by atoms with E-state index in [1.165, 1.54) is 5.57 Å². The van der Waals surface area contributed by atoms with Crippen molar-refractivity contribution >= 4 is 0 Å². The highest BCUT2D eigenvalue weighted by atomic mass is 16.3. The molecule has 82 valence electrons. The molecule has 0 fully saturated rings. The van der Waals surface area contributed by atoms with E-state index in [-0.39, 0.29) is 11.5 Å². The zero-order valence-corrected chi connectivity index (χ0v) is 10.2. The van der Waals surface area contributed by atoms with Gasteiger partial charge in [-0.15, -0.1) is 0 Å². The molecule has 0 spiro atoms.